The van der Waals surface area contributed by atoms with Crippen LogP contribution in [-0.2, 0) is 10.8 Å². The Balaban J connectivity index is 2.13. The lowest BCUT2D eigenvalue weighted by atomic mass is 10.1. The number of halogens is 1. The van der Waals surface area contributed by atoms with Crippen molar-refractivity contribution >= 4 is 32.5 Å². The van der Waals surface area contributed by atoms with E-state index in [4.69, 9.17) is 4.74 Å². The first-order chi connectivity index (χ1) is 9.61. The third-order valence-corrected chi connectivity index (χ3v) is 4.68. The van der Waals surface area contributed by atoms with Gasteiger partial charge in [-0.05, 0) is 46.3 Å². The molecular weight excluding hydrogens is 340 g/mol. The molecule has 0 spiro atoms. The highest BCUT2D eigenvalue weighted by Gasteiger charge is 2.13. The molecule has 0 N–H and O–H groups in total. The van der Waals surface area contributed by atoms with Gasteiger partial charge in [0.15, 0.2) is 5.78 Å². The van der Waals surface area contributed by atoms with E-state index in [1.807, 2.05) is 18.2 Å². The lowest BCUT2D eigenvalue weighted by Crippen LogP contribution is -2.11. The van der Waals surface area contributed by atoms with Crippen molar-refractivity contribution in [2.75, 3.05) is 12.9 Å². The van der Waals surface area contributed by atoms with Gasteiger partial charge in [-0.25, -0.2) is 0 Å². The highest BCUT2D eigenvalue weighted by Crippen LogP contribution is 2.25. The fraction of sp³-hybridized carbons (Fsp3) is 0.133. The Labute approximate surface area is 128 Å². The largest absolute Gasteiger partial charge is 0.496 e. The Morgan fingerprint density at radius 3 is 2.50 bits per heavy atom. The molecule has 0 amide bonds. The first-order valence-electron chi connectivity index (χ1n) is 5.92. The molecule has 0 aliphatic carbocycles. The van der Waals surface area contributed by atoms with Gasteiger partial charge in [0.25, 0.3) is 0 Å². The zero-order chi connectivity index (χ0) is 14.5. The number of rotatable bonds is 5. The minimum absolute atomic E-state index is 0.0250. The molecule has 1 atom stereocenters. The third kappa shape index (κ3) is 3.55. The van der Waals surface area contributed by atoms with E-state index in [1.54, 1.807) is 37.4 Å². The van der Waals surface area contributed by atoms with Gasteiger partial charge in [-0.3, -0.25) is 9.00 Å². The summed E-state index contributed by atoms with van der Waals surface area (Å²) < 4.78 is 17.9. The predicted molar refractivity (Wildman–Crippen MR) is 82.7 cm³/mol. The average molecular weight is 353 g/mol. The standard InChI is InChI=1S/C15H13BrO3S/c1-19-15-8-7-11(9-13(15)16)14(17)10-20(18)12-5-3-2-4-6-12/h2-9H,10H2,1H3. The molecule has 0 heterocycles. The van der Waals surface area contributed by atoms with Crippen LogP contribution in [0.1, 0.15) is 10.4 Å². The van der Waals surface area contributed by atoms with Gasteiger partial charge in [-0.1, -0.05) is 18.2 Å². The topological polar surface area (TPSA) is 43.4 Å². The molecular formula is C15H13BrO3S. The number of hydrogen-bond donors (Lipinski definition) is 0. The SMILES string of the molecule is COc1ccc(C(=O)CS(=O)c2ccccc2)cc1Br. The second kappa shape index (κ2) is 6.81. The Hall–Kier alpha value is -1.46. The minimum Gasteiger partial charge on any atom is -0.496 e. The number of Topliss-reactive ketones (excluding diaryl/α,β-unsaturated/α-hetero) is 1. The molecule has 1 unspecified atom stereocenters. The van der Waals surface area contributed by atoms with Gasteiger partial charge >= 0.3 is 0 Å². The van der Waals surface area contributed by atoms with Gasteiger partial charge in [-0.2, -0.15) is 0 Å². The van der Waals surface area contributed by atoms with Crippen molar-refractivity contribution in [1.29, 1.82) is 0 Å². The molecule has 0 fully saturated rings. The van der Waals surface area contributed by atoms with Crippen LogP contribution in [0.2, 0.25) is 0 Å². The van der Waals surface area contributed by atoms with Crippen LogP contribution >= 0.6 is 15.9 Å². The molecule has 0 bridgehead atoms. The van der Waals surface area contributed by atoms with Crippen LogP contribution in [0.25, 0.3) is 0 Å². The Kier molecular flexibility index (Phi) is 5.09. The number of hydrogen-bond acceptors (Lipinski definition) is 3. The maximum absolute atomic E-state index is 12.1. The number of benzene rings is 2. The summed E-state index contributed by atoms with van der Waals surface area (Å²) in [5.41, 5.74) is 0.516. The molecule has 2 aromatic rings. The van der Waals surface area contributed by atoms with Gasteiger partial charge in [0.1, 0.15) is 5.75 Å². The van der Waals surface area contributed by atoms with E-state index in [0.717, 1.165) is 0 Å². The lowest BCUT2D eigenvalue weighted by molar-refractivity contribution is 0.102. The molecule has 0 aliphatic rings. The van der Waals surface area contributed by atoms with Crippen molar-refractivity contribution in [1.82, 2.24) is 0 Å². The Morgan fingerprint density at radius 1 is 1.20 bits per heavy atom. The van der Waals surface area contributed by atoms with E-state index in [-0.39, 0.29) is 11.5 Å². The van der Waals surface area contributed by atoms with Crippen LogP contribution in [0.3, 0.4) is 0 Å². The quantitative estimate of drug-likeness (QED) is 0.774. The summed E-state index contributed by atoms with van der Waals surface area (Å²) in [7, 11) is 0.238. The van der Waals surface area contributed by atoms with Gasteiger partial charge in [0.05, 0.1) is 28.1 Å². The summed E-state index contributed by atoms with van der Waals surface area (Å²) in [6, 6.07) is 14.0. The van der Waals surface area contributed by atoms with E-state index in [1.165, 1.54) is 0 Å². The van der Waals surface area contributed by atoms with E-state index < -0.39 is 10.8 Å². The first kappa shape index (κ1) is 14.9. The summed E-state index contributed by atoms with van der Waals surface area (Å²) in [5.74, 6) is 0.476. The second-order valence-electron chi connectivity index (χ2n) is 4.08. The fourth-order valence-electron chi connectivity index (χ4n) is 1.70. The van der Waals surface area contributed by atoms with E-state index in [2.05, 4.69) is 15.9 Å². The van der Waals surface area contributed by atoms with E-state index >= 15 is 0 Å². The maximum atomic E-state index is 12.1. The summed E-state index contributed by atoms with van der Waals surface area (Å²) >= 11 is 3.33. The molecule has 5 heteroatoms. The number of carbonyl (C=O) groups excluding carboxylic acids is 1. The van der Waals surface area contributed by atoms with Crippen molar-refractivity contribution < 1.29 is 13.7 Å². The summed E-state index contributed by atoms with van der Waals surface area (Å²) in [5, 5.41) is 0. The van der Waals surface area contributed by atoms with Crippen LogP contribution in [-0.4, -0.2) is 22.9 Å². The first-order valence-corrected chi connectivity index (χ1v) is 8.03. The van der Waals surface area contributed by atoms with E-state index in [9.17, 15) is 9.00 Å². The van der Waals surface area contributed by atoms with Crippen LogP contribution in [0, 0.1) is 0 Å². The molecule has 20 heavy (non-hydrogen) atoms. The van der Waals surface area contributed by atoms with Gasteiger partial charge in [0, 0.05) is 10.5 Å². The number of ketones is 1. The molecule has 2 rings (SSSR count). The molecule has 0 aliphatic heterocycles. The van der Waals surface area contributed by atoms with Gasteiger partial charge in [0.2, 0.25) is 0 Å². The van der Waals surface area contributed by atoms with Crippen LogP contribution in [0.4, 0.5) is 0 Å². The molecule has 2 aromatic carbocycles. The highest BCUT2D eigenvalue weighted by atomic mass is 79.9. The molecule has 104 valence electrons. The Bertz CT molecular complexity index is 641. The van der Waals surface area contributed by atoms with Crippen molar-refractivity contribution in [3.8, 4) is 5.75 Å². The monoisotopic (exact) mass is 352 g/mol. The summed E-state index contributed by atoms with van der Waals surface area (Å²) in [4.78, 5) is 12.8. The zero-order valence-electron chi connectivity index (χ0n) is 10.8. The lowest BCUT2D eigenvalue weighted by Gasteiger charge is -2.06. The smallest absolute Gasteiger partial charge is 0.175 e. The van der Waals surface area contributed by atoms with Gasteiger partial charge < -0.3 is 4.74 Å². The van der Waals surface area contributed by atoms with Gasteiger partial charge in [-0.15, -0.1) is 0 Å². The number of methoxy groups -OCH3 is 1. The summed E-state index contributed by atoms with van der Waals surface area (Å²) in [6.45, 7) is 0. The zero-order valence-corrected chi connectivity index (χ0v) is 13.2. The summed E-state index contributed by atoms with van der Waals surface area (Å²) in [6.07, 6.45) is 0. The van der Waals surface area contributed by atoms with Crippen molar-refractivity contribution in [3.63, 3.8) is 0 Å². The van der Waals surface area contributed by atoms with E-state index in [0.29, 0.717) is 20.7 Å². The van der Waals surface area contributed by atoms with Crippen LogP contribution in [0.5, 0.6) is 5.75 Å². The minimum atomic E-state index is -1.32. The number of carbonyl (C=O) groups is 1. The average Bonchev–Trinajstić information content (AvgIpc) is 2.48. The van der Waals surface area contributed by atoms with Crippen LogP contribution < -0.4 is 4.74 Å². The molecule has 0 aromatic heterocycles. The van der Waals surface area contributed by atoms with Crippen molar-refractivity contribution in [2.45, 2.75) is 4.90 Å². The van der Waals surface area contributed by atoms with Crippen LogP contribution in [0.15, 0.2) is 57.9 Å². The van der Waals surface area contributed by atoms with Crippen molar-refractivity contribution in [2.24, 2.45) is 0 Å². The predicted octanol–water partition coefficient (Wildman–Crippen LogP) is 3.45. The Morgan fingerprint density at radius 2 is 1.90 bits per heavy atom. The molecule has 0 saturated heterocycles. The maximum Gasteiger partial charge on any atom is 0.175 e. The second-order valence-corrected chi connectivity index (χ2v) is 6.38. The third-order valence-electron chi connectivity index (χ3n) is 2.74. The van der Waals surface area contributed by atoms with Crippen molar-refractivity contribution in [3.05, 3.63) is 58.6 Å². The molecule has 0 saturated carbocycles. The highest BCUT2D eigenvalue weighted by molar-refractivity contribution is 9.10. The number of ether oxygens (including phenoxy) is 1. The molecule has 3 nitrogen and oxygen atoms in total. The fourth-order valence-corrected chi connectivity index (χ4v) is 3.27. The molecule has 0 radical (unpaired) electrons. The normalized spacial score (nSPS) is 11.9.